The van der Waals surface area contributed by atoms with E-state index in [0.717, 1.165) is 5.71 Å². The van der Waals surface area contributed by atoms with Crippen LogP contribution in [0.2, 0.25) is 0 Å². The number of aliphatic imine (C=N–C) groups is 2. The average Bonchev–Trinajstić information content (AvgIpc) is 2.03. The molecule has 0 aromatic rings. The highest BCUT2D eigenvalue weighted by Crippen LogP contribution is 2.14. The van der Waals surface area contributed by atoms with Gasteiger partial charge in [0.15, 0.2) is 0 Å². The van der Waals surface area contributed by atoms with E-state index in [0.29, 0.717) is 0 Å². The first kappa shape index (κ1) is 9.25. The number of amidine groups is 1. The number of ether oxygens (including phenoxy) is 1. The number of hydrogen-bond acceptors (Lipinski definition) is 4. The second kappa shape index (κ2) is 3.71. The molecule has 0 aromatic carbocycles. The van der Waals surface area contributed by atoms with E-state index in [1.54, 1.807) is 6.92 Å². The van der Waals surface area contributed by atoms with Gasteiger partial charge in [0.25, 0.3) is 5.91 Å². The number of thioether (sulfide) groups is 1. The highest BCUT2D eigenvalue weighted by Gasteiger charge is 2.25. The predicted molar refractivity (Wildman–Crippen MR) is 49.9 cm³/mol. The van der Waals surface area contributed by atoms with E-state index >= 15 is 0 Å². The summed E-state index contributed by atoms with van der Waals surface area (Å²) < 4.78 is 4.76. The predicted octanol–water partition coefficient (Wildman–Crippen LogP) is 0.721. The summed E-state index contributed by atoms with van der Waals surface area (Å²) in [6.45, 7) is 1.80. The van der Waals surface area contributed by atoms with Gasteiger partial charge in [0.2, 0.25) is 0 Å². The Balaban J connectivity index is 2.88. The Morgan fingerprint density at radius 3 is 2.58 bits per heavy atom. The van der Waals surface area contributed by atoms with Crippen LogP contribution < -0.4 is 0 Å². The number of nitrogens with zero attached hydrogens (tertiary/aromatic N) is 2. The third kappa shape index (κ3) is 1.66. The molecule has 1 heterocycles. The number of carbonyl (C=O) groups is 1. The summed E-state index contributed by atoms with van der Waals surface area (Å²) in [6.07, 6.45) is 1.86. The fourth-order valence-electron chi connectivity index (χ4n) is 0.929. The summed E-state index contributed by atoms with van der Waals surface area (Å²) in [5.41, 5.74) is 0.749. The van der Waals surface area contributed by atoms with E-state index in [4.69, 9.17) is 4.74 Å². The lowest BCUT2D eigenvalue weighted by molar-refractivity contribution is -0.116. The first-order chi connectivity index (χ1) is 5.69. The van der Waals surface area contributed by atoms with E-state index in [1.807, 2.05) is 6.26 Å². The number of amides is 1. The molecule has 0 spiro atoms. The summed E-state index contributed by atoms with van der Waals surface area (Å²) in [5.74, 6) is -0.188. The molecule has 12 heavy (non-hydrogen) atoms. The molecule has 1 aliphatic heterocycles. The monoisotopic (exact) mass is 186 g/mol. The summed E-state index contributed by atoms with van der Waals surface area (Å²) >= 11 is 1.43. The molecule has 0 saturated carbocycles. The lowest BCUT2D eigenvalue weighted by Gasteiger charge is -2.14. The Morgan fingerprint density at radius 1 is 1.50 bits per heavy atom. The zero-order valence-electron chi connectivity index (χ0n) is 7.20. The van der Waals surface area contributed by atoms with Gasteiger partial charge in [0.1, 0.15) is 5.25 Å². The largest absolute Gasteiger partial charge is 0.467 e. The molecule has 0 bridgehead atoms. The van der Waals surface area contributed by atoms with Crippen LogP contribution in [0.5, 0.6) is 0 Å². The first-order valence-electron chi connectivity index (χ1n) is 3.43. The Bertz CT molecular complexity index is 260. The van der Waals surface area contributed by atoms with Crippen LogP contribution >= 0.6 is 11.8 Å². The van der Waals surface area contributed by atoms with E-state index < -0.39 is 0 Å². The van der Waals surface area contributed by atoms with Gasteiger partial charge in [-0.15, -0.1) is 11.8 Å². The van der Waals surface area contributed by atoms with Gasteiger partial charge in [-0.2, -0.15) is 4.99 Å². The molecule has 1 unspecified atom stereocenters. The minimum Gasteiger partial charge on any atom is -0.467 e. The smallest absolute Gasteiger partial charge is 0.319 e. The first-order valence-corrected chi connectivity index (χ1v) is 4.72. The minimum atomic E-state index is -0.233. The van der Waals surface area contributed by atoms with E-state index in [1.165, 1.54) is 18.9 Å². The molecule has 1 aliphatic rings. The Kier molecular flexibility index (Phi) is 2.86. The van der Waals surface area contributed by atoms with E-state index in [-0.39, 0.29) is 17.2 Å². The number of hydrogen-bond donors (Lipinski definition) is 0. The van der Waals surface area contributed by atoms with Crippen molar-refractivity contribution in [2.75, 3.05) is 13.4 Å². The molecule has 0 radical (unpaired) electrons. The highest BCUT2D eigenvalue weighted by atomic mass is 32.2. The van der Waals surface area contributed by atoms with Crippen molar-refractivity contribution in [2.24, 2.45) is 9.98 Å². The number of rotatable bonds is 1. The summed E-state index contributed by atoms with van der Waals surface area (Å²) in [4.78, 5) is 18.9. The third-order valence-corrected chi connectivity index (χ3v) is 2.51. The van der Waals surface area contributed by atoms with Gasteiger partial charge in [-0.05, 0) is 13.2 Å². The Morgan fingerprint density at radius 2 is 2.17 bits per heavy atom. The minimum absolute atomic E-state index is 0.155. The van der Waals surface area contributed by atoms with E-state index in [9.17, 15) is 4.79 Å². The zero-order chi connectivity index (χ0) is 9.14. The van der Waals surface area contributed by atoms with Gasteiger partial charge < -0.3 is 4.74 Å². The van der Waals surface area contributed by atoms with Crippen LogP contribution in [0.1, 0.15) is 6.92 Å². The van der Waals surface area contributed by atoms with Crippen molar-refractivity contribution in [2.45, 2.75) is 12.2 Å². The molecule has 0 N–H and O–H groups in total. The van der Waals surface area contributed by atoms with Crippen LogP contribution in [-0.4, -0.2) is 36.3 Å². The van der Waals surface area contributed by atoms with Gasteiger partial charge in [-0.25, -0.2) is 4.99 Å². The molecule has 66 valence electrons. The van der Waals surface area contributed by atoms with Crippen LogP contribution in [-0.2, 0) is 9.53 Å². The van der Waals surface area contributed by atoms with Crippen LogP contribution in [0.4, 0.5) is 0 Å². The molecule has 1 rings (SSSR count). The molecule has 1 atom stereocenters. The van der Waals surface area contributed by atoms with E-state index in [2.05, 4.69) is 9.98 Å². The van der Waals surface area contributed by atoms with Crippen molar-refractivity contribution in [3.05, 3.63) is 0 Å². The molecule has 0 aromatic heterocycles. The van der Waals surface area contributed by atoms with Crippen molar-refractivity contribution in [3.8, 4) is 0 Å². The summed E-state index contributed by atoms with van der Waals surface area (Å²) in [6, 6.07) is 0.155. The fraction of sp³-hybridized carbons (Fsp3) is 0.571. The van der Waals surface area contributed by atoms with Crippen molar-refractivity contribution in [1.82, 2.24) is 0 Å². The van der Waals surface area contributed by atoms with Crippen molar-refractivity contribution in [3.63, 3.8) is 0 Å². The average molecular weight is 186 g/mol. The number of carbonyl (C=O) groups excluding carboxylic acids is 1. The molecule has 1 amide bonds. The highest BCUT2D eigenvalue weighted by molar-refractivity contribution is 8.00. The molecular weight excluding hydrogens is 176 g/mol. The molecule has 0 aliphatic carbocycles. The summed E-state index contributed by atoms with van der Waals surface area (Å²) in [5, 5.41) is -0.233. The molecule has 5 heteroatoms. The maximum atomic E-state index is 11.2. The van der Waals surface area contributed by atoms with Crippen molar-refractivity contribution in [1.29, 1.82) is 0 Å². The third-order valence-electron chi connectivity index (χ3n) is 1.50. The maximum absolute atomic E-state index is 11.2. The van der Waals surface area contributed by atoms with Gasteiger partial charge in [-0.3, -0.25) is 4.79 Å². The molecular formula is C7H10N2O2S. The molecule has 4 nitrogen and oxygen atoms in total. The molecule has 0 saturated heterocycles. The fourth-order valence-corrected chi connectivity index (χ4v) is 1.58. The summed E-state index contributed by atoms with van der Waals surface area (Å²) in [7, 11) is 1.45. The van der Waals surface area contributed by atoms with Gasteiger partial charge in [0.05, 0.1) is 7.11 Å². The van der Waals surface area contributed by atoms with Crippen molar-refractivity contribution >= 4 is 29.4 Å². The van der Waals surface area contributed by atoms with Crippen LogP contribution in [0, 0.1) is 0 Å². The van der Waals surface area contributed by atoms with Gasteiger partial charge in [0, 0.05) is 5.71 Å². The Labute approximate surface area is 75.1 Å². The maximum Gasteiger partial charge on any atom is 0.319 e. The van der Waals surface area contributed by atoms with Crippen LogP contribution in [0.15, 0.2) is 9.98 Å². The zero-order valence-corrected chi connectivity index (χ0v) is 8.01. The SMILES string of the molecule is COC1=NC(=O)C(SC)C(C)=N1. The standard InChI is InChI=1S/C7H10N2O2S/c1-4-5(12-3)6(10)9-7(8-4)11-2/h5H,1-3H3. The lowest BCUT2D eigenvalue weighted by Crippen LogP contribution is -2.29. The van der Waals surface area contributed by atoms with Crippen LogP contribution in [0.3, 0.4) is 0 Å². The Hall–Kier alpha value is -0.840. The second-order valence-electron chi connectivity index (χ2n) is 2.31. The second-order valence-corrected chi connectivity index (χ2v) is 3.25. The van der Waals surface area contributed by atoms with Crippen LogP contribution in [0.25, 0.3) is 0 Å². The number of methoxy groups -OCH3 is 1. The van der Waals surface area contributed by atoms with Gasteiger partial charge in [-0.1, -0.05) is 0 Å². The lowest BCUT2D eigenvalue weighted by atomic mass is 10.2. The topological polar surface area (TPSA) is 51.0 Å². The van der Waals surface area contributed by atoms with Gasteiger partial charge >= 0.3 is 6.02 Å². The van der Waals surface area contributed by atoms with Crippen molar-refractivity contribution < 1.29 is 9.53 Å². The molecule has 0 fully saturated rings. The quantitative estimate of drug-likeness (QED) is 0.606. The normalized spacial score (nSPS) is 23.2.